The van der Waals surface area contributed by atoms with Gasteiger partial charge in [0.15, 0.2) is 0 Å². The zero-order chi connectivity index (χ0) is 15.3. The molecule has 1 aromatic rings. The maximum atomic E-state index is 11.1. The van der Waals surface area contributed by atoms with Crippen molar-refractivity contribution in [2.24, 2.45) is 0 Å². The fourth-order valence-corrected chi connectivity index (χ4v) is 1.62. The lowest BCUT2D eigenvalue weighted by molar-refractivity contribution is -0.384. The third-order valence-electron chi connectivity index (χ3n) is 2.62. The highest BCUT2D eigenvalue weighted by molar-refractivity contribution is 5.73. The number of hydrogen-bond acceptors (Lipinski definition) is 5. The Labute approximate surface area is 116 Å². The first-order valence-electron chi connectivity index (χ1n) is 6.18. The first-order valence-corrected chi connectivity index (χ1v) is 6.18. The number of aryl methyl sites for hydroxylation is 1. The third kappa shape index (κ3) is 4.51. The molecule has 0 aliphatic heterocycles. The van der Waals surface area contributed by atoms with Crippen LogP contribution in [0.2, 0.25) is 0 Å². The van der Waals surface area contributed by atoms with Gasteiger partial charge in [0.2, 0.25) is 0 Å². The Kier molecular flexibility index (Phi) is 5.45. The van der Waals surface area contributed by atoms with Gasteiger partial charge in [0.25, 0.3) is 5.69 Å². The Morgan fingerprint density at radius 3 is 2.65 bits per heavy atom. The van der Waals surface area contributed by atoms with E-state index in [9.17, 15) is 14.9 Å². The summed E-state index contributed by atoms with van der Waals surface area (Å²) in [6.45, 7) is 5.29. The molecule has 1 atom stereocenters. The van der Waals surface area contributed by atoms with Gasteiger partial charge in [0, 0.05) is 12.1 Å². The van der Waals surface area contributed by atoms with Crippen LogP contribution in [0.1, 0.15) is 19.4 Å². The Balaban J connectivity index is 2.79. The Bertz CT molecular complexity index is 502. The van der Waals surface area contributed by atoms with E-state index in [1.165, 1.54) is 12.1 Å². The van der Waals surface area contributed by atoms with Crippen molar-refractivity contribution < 1.29 is 19.6 Å². The number of aliphatic carboxylic acids is 1. The van der Waals surface area contributed by atoms with Crippen LogP contribution in [-0.4, -0.2) is 34.7 Å². The van der Waals surface area contributed by atoms with Crippen molar-refractivity contribution in [3.8, 4) is 5.75 Å². The molecule has 110 valence electrons. The van der Waals surface area contributed by atoms with Gasteiger partial charge in [-0.3, -0.25) is 20.2 Å². The van der Waals surface area contributed by atoms with Crippen LogP contribution in [0.5, 0.6) is 5.75 Å². The maximum Gasteiger partial charge on any atom is 0.324 e. The molecule has 0 bridgehead atoms. The lowest BCUT2D eigenvalue weighted by atomic mass is 10.2. The number of nitrogens with one attached hydrogen (secondary N) is 1. The van der Waals surface area contributed by atoms with Crippen LogP contribution in [0.15, 0.2) is 18.2 Å². The molecule has 0 radical (unpaired) electrons. The Morgan fingerprint density at radius 2 is 2.15 bits per heavy atom. The number of ether oxygens (including phenoxy) is 1. The molecule has 20 heavy (non-hydrogen) atoms. The summed E-state index contributed by atoms with van der Waals surface area (Å²) in [5.41, 5.74) is 0.624. The average molecular weight is 282 g/mol. The molecular weight excluding hydrogens is 264 g/mol. The molecule has 7 nitrogen and oxygen atoms in total. The van der Waals surface area contributed by atoms with Crippen LogP contribution in [0.25, 0.3) is 0 Å². The van der Waals surface area contributed by atoms with Crippen LogP contribution >= 0.6 is 0 Å². The fraction of sp³-hybridized carbons (Fsp3) is 0.462. The predicted octanol–water partition coefficient (Wildman–Crippen LogP) is 1.73. The van der Waals surface area contributed by atoms with Crippen molar-refractivity contribution in [1.29, 1.82) is 0 Å². The molecule has 0 saturated heterocycles. The lowest BCUT2D eigenvalue weighted by Crippen LogP contribution is -2.44. The zero-order valence-corrected chi connectivity index (χ0v) is 11.6. The van der Waals surface area contributed by atoms with Gasteiger partial charge in [0.05, 0.1) is 11.0 Å². The summed E-state index contributed by atoms with van der Waals surface area (Å²) in [5.74, 6) is -0.710. The number of carboxylic acid groups (broad SMARTS) is 1. The Hall–Kier alpha value is -2.15. The van der Waals surface area contributed by atoms with Crippen LogP contribution in [-0.2, 0) is 4.79 Å². The van der Waals surface area contributed by atoms with Gasteiger partial charge in [-0.15, -0.1) is 0 Å². The van der Waals surface area contributed by atoms with Crippen LogP contribution in [0, 0.1) is 17.0 Å². The van der Waals surface area contributed by atoms with E-state index in [2.05, 4.69) is 5.32 Å². The van der Waals surface area contributed by atoms with Gasteiger partial charge < -0.3 is 9.84 Å². The van der Waals surface area contributed by atoms with E-state index in [0.717, 1.165) is 0 Å². The lowest BCUT2D eigenvalue weighted by Gasteiger charge is -2.18. The summed E-state index contributed by atoms with van der Waals surface area (Å²) in [6.07, 6.45) is 0. The minimum absolute atomic E-state index is 0.00842. The molecule has 0 saturated carbocycles. The van der Waals surface area contributed by atoms with Crippen LogP contribution < -0.4 is 10.1 Å². The van der Waals surface area contributed by atoms with Crippen molar-refractivity contribution >= 4 is 11.7 Å². The molecule has 0 aromatic heterocycles. The molecule has 0 aliphatic rings. The number of rotatable bonds is 7. The standard InChI is InChI=1S/C13H18N2O5/c1-8(2)14-11(13(16)17)7-20-12-6-10(15(18)19)5-4-9(12)3/h4-6,8,11,14H,7H2,1-3H3,(H,16,17). The molecule has 0 spiro atoms. The quantitative estimate of drug-likeness (QED) is 0.583. The summed E-state index contributed by atoms with van der Waals surface area (Å²) < 4.78 is 5.40. The molecule has 1 rings (SSSR count). The minimum Gasteiger partial charge on any atom is -0.491 e. The largest absolute Gasteiger partial charge is 0.491 e. The smallest absolute Gasteiger partial charge is 0.324 e. The van der Waals surface area contributed by atoms with E-state index in [4.69, 9.17) is 9.84 Å². The van der Waals surface area contributed by atoms with Crippen molar-refractivity contribution in [2.45, 2.75) is 32.9 Å². The normalized spacial score (nSPS) is 12.2. The van der Waals surface area contributed by atoms with E-state index in [1.54, 1.807) is 13.0 Å². The number of carbonyl (C=O) groups is 1. The van der Waals surface area contributed by atoms with Crippen molar-refractivity contribution in [3.63, 3.8) is 0 Å². The van der Waals surface area contributed by atoms with E-state index >= 15 is 0 Å². The molecule has 2 N–H and O–H groups in total. The maximum absolute atomic E-state index is 11.1. The molecule has 1 aromatic carbocycles. The zero-order valence-electron chi connectivity index (χ0n) is 11.6. The van der Waals surface area contributed by atoms with Gasteiger partial charge in [-0.25, -0.2) is 0 Å². The molecular formula is C13H18N2O5. The summed E-state index contributed by atoms with van der Waals surface area (Å²) in [4.78, 5) is 21.2. The SMILES string of the molecule is Cc1ccc([N+](=O)[O-])cc1OCC(NC(C)C)C(=O)O. The molecule has 0 fully saturated rings. The molecule has 7 heteroatoms. The van der Waals surface area contributed by atoms with Crippen molar-refractivity contribution in [1.82, 2.24) is 5.32 Å². The summed E-state index contributed by atoms with van der Waals surface area (Å²) in [7, 11) is 0. The molecule has 0 amide bonds. The first-order chi connectivity index (χ1) is 9.31. The van der Waals surface area contributed by atoms with Gasteiger partial charge in [-0.05, 0) is 18.6 Å². The van der Waals surface area contributed by atoms with E-state index < -0.39 is 16.9 Å². The number of hydrogen-bond donors (Lipinski definition) is 2. The molecule has 0 aliphatic carbocycles. The summed E-state index contributed by atoms with van der Waals surface area (Å²) >= 11 is 0. The Morgan fingerprint density at radius 1 is 1.50 bits per heavy atom. The second-order valence-corrected chi connectivity index (χ2v) is 4.73. The second-order valence-electron chi connectivity index (χ2n) is 4.73. The number of nitro groups is 1. The summed E-state index contributed by atoms with van der Waals surface area (Å²) in [5, 5.41) is 22.6. The van der Waals surface area contributed by atoms with E-state index in [0.29, 0.717) is 11.3 Å². The number of nitro benzene ring substituents is 1. The van der Waals surface area contributed by atoms with Crippen LogP contribution in [0.4, 0.5) is 5.69 Å². The van der Waals surface area contributed by atoms with Crippen LogP contribution in [0.3, 0.4) is 0 Å². The van der Waals surface area contributed by atoms with Gasteiger partial charge in [-0.2, -0.15) is 0 Å². The number of benzene rings is 1. The fourth-order valence-electron chi connectivity index (χ4n) is 1.62. The highest BCUT2D eigenvalue weighted by atomic mass is 16.6. The third-order valence-corrected chi connectivity index (χ3v) is 2.62. The highest BCUT2D eigenvalue weighted by Crippen LogP contribution is 2.24. The average Bonchev–Trinajstić information content (AvgIpc) is 2.35. The second kappa shape index (κ2) is 6.85. The number of carboxylic acids is 1. The first kappa shape index (κ1) is 15.9. The minimum atomic E-state index is -1.03. The predicted molar refractivity (Wildman–Crippen MR) is 73.0 cm³/mol. The van der Waals surface area contributed by atoms with Gasteiger partial charge in [0.1, 0.15) is 18.4 Å². The number of nitrogens with zero attached hydrogens (tertiary/aromatic N) is 1. The van der Waals surface area contributed by atoms with Gasteiger partial charge in [-0.1, -0.05) is 13.8 Å². The molecule has 1 unspecified atom stereocenters. The van der Waals surface area contributed by atoms with Gasteiger partial charge >= 0.3 is 5.97 Å². The topological polar surface area (TPSA) is 102 Å². The van der Waals surface area contributed by atoms with E-state index in [1.807, 2.05) is 13.8 Å². The van der Waals surface area contributed by atoms with Crippen molar-refractivity contribution in [2.75, 3.05) is 6.61 Å². The highest BCUT2D eigenvalue weighted by Gasteiger charge is 2.20. The number of non-ortho nitro benzene ring substituents is 1. The molecule has 0 heterocycles. The van der Waals surface area contributed by atoms with E-state index in [-0.39, 0.29) is 18.3 Å². The summed E-state index contributed by atoms with van der Waals surface area (Å²) in [6, 6.07) is 3.37. The monoisotopic (exact) mass is 282 g/mol. The van der Waals surface area contributed by atoms with Crippen molar-refractivity contribution in [3.05, 3.63) is 33.9 Å².